The second-order valence-electron chi connectivity index (χ2n) is 8.44. The Balaban J connectivity index is 1.41. The van der Waals surface area contributed by atoms with Gasteiger partial charge in [0.05, 0.1) is 27.9 Å². The summed E-state index contributed by atoms with van der Waals surface area (Å²) in [5.74, 6) is -10.1. The topological polar surface area (TPSA) is 56.8 Å². The molecule has 0 aliphatic carbocycles. The minimum absolute atomic E-state index is 0.00315. The first-order valence-corrected chi connectivity index (χ1v) is 13.8. The number of amides is 1. The van der Waals surface area contributed by atoms with Crippen molar-refractivity contribution in [2.75, 3.05) is 48.4 Å². The molecular formula is C25H18Br2ClF5N4O2S. The maximum atomic E-state index is 14.2. The van der Waals surface area contributed by atoms with Crippen LogP contribution >= 0.6 is 55.7 Å². The van der Waals surface area contributed by atoms with Crippen LogP contribution in [0.25, 0.3) is 0 Å². The maximum Gasteiger partial charge on any atom is 0.261 e. The molecule has 15 heteroatoms. The third-order valence-electron chi connectivity index (χ3n) is 6.01. The average Bonchev–Trinajstić information content (AvgIpc) is 2.91. The molecule has 0 unspecified atom stereocenters. The van der Waals surface area contributed by atoms with Gasteiger partial charge in [-0.1, -0.05) is 27.5 Å². The summed E-state index contributed by atoms with van der Waals surface area (Å²) >= 11 is 18.4. The van der Waals surface area contributed by atoms with Gasteiger partial charge in [-0.05, 0) is 58.5 Å². The zero-order chi connectivity index (χ0) is 29.3. The van der Waals surface area contributed by atoms with E-state index in [0.29, 0.717) is 31.1 Å². The lowest BCUT2D eigenvalue weighted by atomic mass is 10.2. The third kappa shape index (κ3) is 6.14. The van der Waals surface area contributed by atoms with Crippen LogP contribution in [-0.4, -0.2) is 44.3 Å². The van der Waals surface area contributed by atoms with Crippen molar-refractivity contribution in [2.45, 2.75) is 0 Å². The van der Waals surface area contributed by atoms with Crippen LogP contribution in [0.1, 0.15) is 10.4 Å². The summed E-state index contributed by atoms with van der Waals surface area (Å²) in [5, 5.41) is 5.76. The highest BCUT2D eigenvalue weighted by Gasteiger charge is 2.31. The number of benzene rings is 3. The predicted octanol–water partition coefficient (Wildman–Crippen LogP) is 7.02. The first-order chi connectivity index (χ1) is 18.9. The molecule has 1 amide bonds. The number of anilines is 3. The largest absolute Gasteiger partial charge is 0.495 e. The van der Waals surface area contributed by atoms with E-state index in [9.17, 15) is 26.7 Å². The molecule has 1 aliphatic rings. The van der Waals surface area contributed by atoms with Crippen molar-refractivity contribution in [2.24, 2.45) is 0 Å². The number of rotatable bonds is 5. The number of methoxy groups -OCH3 is 1. The van der Waals surface area contributed by atoms with Crippen LogP contribution in [0.15, 0.2) is 39.3 Å². The zero-order valence-electron chi connectivity index (χ0n) is 20.4. The summed E-state index contributed by atoms with van der Waals surface area (Å²) in [6, 6.07) is 8.22. The Labute approximate surface area is 252 Å². The second kappa shape index (κ2) is 12.5. The van der Waals surface area contributed by atoms with Crippen LogP contribution in [0.2, 0.25) is 5.02 Å². The van der Waals surface area contributed by atoms with E-state index in [4.69, 9.17) is 28.6 Å². The minimum atomic E-state index is -2.20. The summed E-state index contributed by atoms with van der Waals surface area (Å²) in [7, 11) is 1.43. The monoisotopic (exact) mass is 726 g/mol. The minimum Gasteiger partial charge on any atom is -0.495 e. The molecule has 0 aromatic heterocycles. The SMILES string of the molecule is COc1c(Br)cc(Br)cc1C(=O)NC(=S)Nc1ccc(N2CCN(c3c(F)c(F)c(F)c(F)c3F)CC2)c(Cl)c1. The molecule has 0 saturated carbocycles. The second-order valence-corrected chi connectivity index (χ2v) is 11.0. The number of carbonyl (C=O) groups is 1. The summed E-state index contributed by atoms with van der Waals surface area (Å²) in [4.78, 5) is 15.7. The van der Waals surface area contributed by atoms with Crippen molar-refractivity contribution < 1.29 is 31.5 Å². The predicted molar refractivity (Wildman–Crippen MR) is 154 cm³/mol. The van der Waals surface area contributed by atoms with E-state index in [0.717, 1.165) is 4.90 Å². The highest BCUT2D eigenvalue weighted by molar-refractivity contribution is 9.11. The fourth-order valence-electron chi connectivity index (χ4n) is 4.15. The molecule has 0 bridgehead atoms. The Morgan fingerprint density at radius 3 is 2.08 bits per heavy atom. The molecule has 0 radical (unpaired) electrons. The number of carbonyl (C=O) groups excluding carboxylic acids is 1. The quantitative estimate of drug-likeness (QED) is 0.128. The molecule has 212 valence electrons. The molecule has 3 aromatic carbocycles. The van der Waals surface area contributed by atoms with Crippen LogP contribution in [0.5, 0.6) is 5.75 Å². The lowest BCUT2D eigenvalue weighted by Crippen LogP contribution is -2.47. The van der Waals surface area contributed by atoms with Gasteiger partial charge in [0.2, 0.25) is 5.82 Å². The van der Waals surface area contributed by atoms with Gasteiger partial charge in [-0.2, -0.15) is 0 Å². The Morgan fingerprint density at radius 2 is 1.50 bits per heavy atom. The van der Waals surface area contributed by atoms with Crippen LogP contribution in [0.4, 0.5) is 39.0 Å². The Bertz CT molecular complexity index is 1480. The molecule has 1 aliphatic heterocycles. The summed E-state index contributed by atoms with van der Waals surface area (Å²) in [5.41, 5.74) is 0.348. The van der Waals surface area contributed by atoms with Gasteiger partial charge in [-0.25, -0.2) is 22.0 Å². The number of piperazine rings is 1. The molecule has 4 rings (SSSR count). The highest BCUT2D eigenvalue weighted by atomic mass is 79.9. The highest BCUT2D eigenvalue weighted by Crippen LogP contribution is 2.34. The third-order valence-corrected chi connectivity index (χ3v) is 7.57. The number of hydrogen-bond donors (Lipinski definition) is 2. The maximum absolute atomic E-state index is 14.2. The van der Waals surface area contributed by atoms with Gasteiger partial charge in [-0.3, -0.25) is 10.1 Å². The molecule has 1 fully saturated rings. The lowest BCUT2D eigenvalue weighted by Gasteiger charge is -2.38. The molecule has 6 nitrogen and oxygen atoms in total. The van der Waals surface area contributed by atoms with Crippen molar-refractivity contribution in [1.82, 2.24) is 5.32 Å². The fourth-order valence-corrected chi connectivity index (χ4v) is 6.05. The van der Waals surface area contributed by atoms with E-state index in [2.05, 4.69) is 42.5 Å². The van der Waals surface area contributed by atoms with Gasteiger partial charge >= 0.3 is 0 Å². The molecule has 1 heterocycles. The number of hydrogen-bond acceptors (Lipinski definition) is 5. The number of ether oxygens (including phenoxy) is 1. The first-order valence-electron chi connectivity index (χ1n) is 11.4. The van der Waals surface area contributed by atoms with Crippen LogP contribution in [0, 0.1) is 29.1 Å². The average molecular weight is 729 g/mol. The number of halogens is 8. The standard InChI is InChI=1S/C25H18Br2ClF5N4O2S/c1-39-23-13(8-11(26)9-14(23)27)24(38)35-25(40)34-12-2-3-16(15(28)10-12)36-4-6-37(7-5-36)22-20(32)18(30)17(29)19(31)21(22)33/h2-3,8-10H,4-7H2,1H3,(H2,34,35,38,40). The van der Waals surface area contributed by atoms with Gasteiger partial charge in [0.15, 0.2) is 28.4 Å². The molecule has 3 aromatic rings. The van der Waals surface area contributed by atoms with Crippen molar-refractivity contribution >= 4 is 83.8 Å². The summed E-state index contributed by atoms with van der Waals surface area (Å²) < 4.78 is 75.6. The molecule has 0 atom stereocenters. The van der Waals surface area contributed by atoms with Gasteiger partial charge in [0, 0.05) is 36.3 Å². The van der Waals surface area contributed by atoms with E-state index < -0.39 is 40.7 Å². The molecule has 0 spiro atoms. The van der Waals surface area contributed by atoms with Crippen LogP contribution < -0.4 is 25.2 Å². The van der Waals surface area contributed by atoms with Crippen molar-refractivity contribution in [3.63, 3.8) is 0 Å². The fraction of sp³-hybridized carbons (Fsp3) is 0.200. The van der Waals surface area contributed by atoms with E-state index >= 15 is 0 Å². The van der Waals surface area contributed by atoms with Crippen LogP contribution in [-0.2, 0) is 0 Å². The zero-order valence-corrected chi connectivity index (χ0v) is 25.1. The smallest absolute Gasteiger partial charge is 0.261 e. The number of thiocarbonyl (C=S) groups is 1. The van der Waals surface area contributed by atoms with Crippen molar-refractivity contribution in [3.8, 4) is 5.75 Å². The van der Waals surface area contributed by atoms with E-state index in [-0.39, 0.29) is 36.9 Å². The van der Waals surface area contributed by atoms with E-state index in [1.165, 1.54) is 7.11 Å². The van der Waals surface area contributed by atoms with E-state index in [1.807, 2.05) is 4.90 Å². The molecule has 2 N–H and O–H groups in total. The normalized spacial score (nSPS) is 13.3. The Hall–Kier alpha value is -2.68. The van der Waals surface area contributed by atoms with Gasteiger partial charge in [-0.15, -0.1) is 0 Å². The molecule has 1 saturated heterocycles. The lowest BCUT2D eigenvalue weighted by molar-refractivity contribution is 0.0974. The van der Waals surface area contributed by atoms with Crippen LogP contribution in [0.3, 0.4) is 0 Å². The molecular weight excluding hydrogens is 711 g/mol. The summed E-state index contributed by atoms with van der Waals surface area (Å²) in [6.07, 6.45) is 0. The van der Waals surface area contributed by atoms with Crippen molar-refractivity contribution in [3.05, 3.63) is 78.9 Å². The van der Waals surface area contributed by atoms with Gasteiger partial charge < -0.3 is 19.9 Å². The number of nitrogens with zero attached hydrogens (tertiary/aromatic N) is 2. The van der Waals surface area contributed by atoms with Gasteiger partial charge in [0.1, 0.15) is 11.4 Å². The Kier molecular flexibility index (Phi) is 9.43. The van der Waals surface area contributed by atoms with Gasteiger partial charge in [0.25, 0.3) is 5.91 Å². The van der Waals surface area contributed by atoms with E-state index in [1.54, 1.807) is 30.3 Å². The van der Waals surface area contributed by atoms with Crippen molar-refractivity contribution in [1.29, 1.82) is 0 Å². The Morgan fingerprint density at radius 1 is 0.925 bits per heavy atom. The first kappa shape index (κ1) is 30.3. The molecule has 40 heavy (non-hydrogen) atoms. The summed E-state index contributed by atoms with van der Waals surface area (Å²) in [6.45, 7) is 0.370. The number of nitrogens with one attached hydrogen (secondary N) is 2.